The van der Waals surface area contributed by atoms with Crippen LogP contribution in [0.25, 0.3) is 0 Å². The van der Waals surface area contributed by atoms with Crippen LogP contribution < -0.4 is 4.74 Å². The second kappa shape index (κ2) is 6.75. The fourth-order valence-electron chi connectivity index (χ4n) is 2.08. The summed E-state index contributed by atoms with van der Waals surface area (Å²) in [6.45, 7) is 2.95. The highest BCUT2D eigenvalue weighted by Crippen LogP contribution is 2.24. The molecule has 1 amide bonds. The molecular weight excluding hydrogens is 314 g/mol. The molecular formula is C17H17NO4S. The van der Waals surface area contributed by atoms with Crippen molar-refractivity contribution < 1.29 is 18.5 Å². The topological polar surface area (TPSA) is 72.8 Å². The van der Waals surface area contributed by atoms with Gasteiger partial charge in [-0.3, -0.25) is 9.59 Å². The Hall–Kier alpha value is -2.47. The first-order valence-corrected chi connectivity index (χ1v) is 8.83. The van der Waals surface area contributed by atoms with E-state index in [1.165, 1.54) is 19.2 Å². The average Bonchev–Trinajstić information content (AvgIpc) is 2.47. The van der Waals surface area contributed by atoms with Gasteiger partial charge in [0.15, 0.2) is 0 Å². The number of hydrogen-bond acceptors (Lipinski definition) is 4. The summed E-state index contributed by atoms with van der Waals surface area (Å²) in [5.74, 6) is -1.09. The molecule has 0 N–H and O–H groups in total. The van der Waals surface area contributed by atoms with Crippen LogP contribution >= 0.6 is 0 Å². The minimum atomic E-state index is -2.88. The molecule has 5 nitrogen and oxygen atoms in total. The predicted octanol–water partition coefficient (Wildman–Crippen LogP) is 3.22. The number of aryl methyl sites for hydroxylation is 1. The molecule has 0 aliphatic heterocycles. The van der Waals surface area contributed by atoms with Crippen molar-refractivity contribution in [3.63, 3.8) is 0 Å². The molecule has 0 saturated heterocycles. The Balaban J connectivity index is 2.52. The van der Waals surface area contributed by atoms with Crippen molar-refractivity contribution in [3.8, 4) is 5.75 Å². The minimum Gasteiger partial charge on any atom is -0.426 e. The van der Waals surface area contributed by atoms with Crippen LogP contribution in [-0.2, 0) is 14.5 Å². The second-order valence-corrected chi connectivity index (χ2v) is 7.31. The number of nitrogens with zero attached hydrogens (tertiary/aromatic N) is 1. The molecule has 1 unspecified atom stereocenters. The highest BCUT2D eigenvalue weighted by molar-refractivity contribution is 7.93. The SMILES string of the molecule is CC(=O)Oc1cccc(C)c1C(=O)N=S(C)(=O)c1ccccc1. The smallest absolute Gasteiger partial charge is 0.308 e. The number of esters is 1. The number of rotatable bonds is 3. The standard InChI is InChI=1S/C17H17NO4S/c1-12-8-7-11-15(22-13(2)19)16(12)17(20)18-23(3,21)14-9-5-4-6-10-14/h4-11H,1-3H3. The van der Waals surface area contributed by atoms with E-state index in [9.17, 15) is 13.8 Å². The Morgan fingerprint density at radius 2 is 1.70 bits per heavy atom. The normalized spacial score (nSPS) is 13.0. The van der Waals surface area contributed by atoms with Crippen LogP contribution in [0.15, 0.2) is 57.8 Å². The van der Waals surface area contributed by atoms with E-state index < -0.39 is 21.6 Å². The Labute approximate surface area is 135 Å². The molecule has 2 aromatic rings. The number of carbonyl (C=O) groups is 2. The third kappa shape index (κ3) is 4.04. The van der Waals surface area contributed by atoms with Crippen LogP contribution in [0.4, 0.5) is 0 Å². The molecule has 2 rings (SSSR count). The first kappa shape index (κ1) is 16.9. The van der Waals surface area contributed by atoms with Gasteiger partial charge < -0.3 is 4.74 Å². The summed E-state index contributed by atoms with van der Waals surface area (Å²) in [7, 11) is -2.88. The molecule has 0 radical (unpaired) electrons. The monoisotopic (exact) mass is 331 g/mol. The zero-order chi connectivity index (χ0) is 17.0. The molecule has 120 valence electrons. The highest BCUT2D eigenvalue weighted by atomic mass is 32.2. The molecule has 23 heavy (non-hydrogen) atoms. The molecule has 0 aliphatic rings. The van der Waals surface area contributed by atoms with Gasteiger partial charge in [0.25, 0.3) is 5.91 Å². The average molecular weight is 331 g/mol. The molecule has 0 bridgehead atoms. The first-order chi connectivity index (χ1) is 10.8. The molecule has 0 spiro atoms. The van der Waals surface area contributed by atoms with Crippen molar-refractivity contribution >= 4 is 21.6 Å². The molecule has 1 atom stereocenters. The van der Waals surface area contributed by atoms with E-state index in [0.717, 1.165) is 0 Å². The Kier molecular flexibility index (Phi) is 4.95. The number of hydrogen-bond donors (Lipinski definition) is 0. The van der Waals surface area contributed by atoms with E-state index in [-0.39, 0.29) is 11.3 Å². The van der Waals surface area contributed by atoms with Gasteiger partial charge in [-0.05, 0) is 30.7 Å². The van der Waals surface area contributed by atoms with Crippen LogP contribution in [0.1, 0.15) is 22.8 Å². The van der Waals surface area contributed by atoms with Gasteiger partial charge in [0.05, 0.1) is 15.3 Å². The van der Waals surface area contributed by atoms with E-state index >= 15 is 0 Å². The van der Waals surface area contributed by atoms with Crippen LogP contribution in [0.3, 0.4) is 0 Å². The Morgan fingerprint density at radius 1 is 1.04 bits per heavy atom. The fourth-order valence-corrected chi connectivity index (χ4v) is 3.26. The van der Waals surface area contributed by atoms with Gasteiger partial charge in [0, 0.05) is 18.1 Å². The maximum atomic E-state index is 12.7. The van der Waals surface area contributed by atoms with E-state index in [4.69, 9.17) is 4.74 Å². The quantitative estimate of drug-likeness (QED) is 0.639. The van der Waals surface area contributed by atoms with Crippen molar-refractivity contribution in [3.05, 3.63) is 59.7 Å². The van der Waals surface area contributed by atoms with Gasteiger partial charge >= 0.3 is 5.97 Å². The van der Waals surface area contributed by atoms with Crippen LogP contribution in [-0.4, -0.2) is 22.3 Å². The van der Waals surface area contributed by atoms with Gasteiger partial charge in [-0.15, -0.1) is 0 Å². The summed E-state index contributed by atoms with van der Waals surface area (Å²) < 4.78 is 21.7. The van der Waals surface area contributed by atoms with Crippen molar-refractivity contribution in [2.45, 2.75) is 18.7 Å². The number of benzene rings is 2. The van der Waals surface area contributed by atoms with E-state index in [0.29, 0.717) is 10.5 Å². The first-order valence-electron chi connectivity index (χ1n) is 6.91. The summed E-state index contributed by atoms with van der Waals surface area (Å²) in [6, 6.07) is 13.5. The van der Waals surface area contributed by atoms with Gasteiger partial charge in [-0.1, -0.05) is 30.3 Å². The fraction of sp³-hybridized carbons (Fsp3) is 0.176. The van der Waals surface area contributed by atoms with Gasteiger partial charge in [-0.25, -0.2) is 4.21 Å². The highest BCUT2D eigenvalue weighted by Gasteiger charge is 2.18. The summed E-state index contributed by atoms with van der Waals surface area (Å²) in [6.07, 6.45) is 1.41. The lowest BCUT2D eigenvalue weighted by Crippen LogP contribution is -2.10. The third-order valence-corrected chi connectivity index (χ3v) is 4.80. The van der Waals surface area contributed by atoms with Crippen molar-refractivity contribution in [1.82, 2.24) is 0 Å². The molecule has 0 aromatic heterocycles. The molecule has 6 heteroatoms. The van der Waals surface area contributed by atoms with Gasteiger partial charge in [0.2, 0.25) is 0 Å². The zero-order valence-corrected chi connectivity index (χ0v) is 13.9. The van der Waals surface area contributed by atoms with Crippen molar-refractivity contribution in [1.29, 1.82) is 0 Å². The van der Waals surface area contributed by atoms with E-state index in [1.807, 2.05) is 0 Å². The maximum absolute atomic E-state index is 12.7. The number of carbonyl (C=O) groups excluding carboxylic acids is 2. The molecule has 0 aliphatic carbocycles. The van der Waals surface area contributed by atoms with Crippen LogP contribution in [0, 0.1) is 6.92 Å². The summed E-state index contributed by atoms with van der Waals surface area (Å²) in [5.41, 5.74) is 0.744. The van der Waals surface area contributed by atoms with Gasteiger partial charge in [-0.2, -0.15) is 4.36 Å². The summed E-state index contributed by atoms with van der Waals surface area (Å²) >= 11 is 0. The minimum absolute atomic E-state index is 0.120. The van der Waals surface area contributed by atoms with Crippen molar-refractivity contribution in [2.75, 3.05) is 6.26 Å². The zero-order valence-electron chi connectivity index (χ0n) is 13.1. The maximum Gasteiger partial charge on any atom is 0.308 e. The Bertz CT molecular complexity index is 865. The summed E-state index contributed by atoms with van der Waals surface area (Å²) in [4.78, 5) is 24.2. The lowest BCUT2D eigenvalue weighted by atomic mass is 10.1. The molecule has 2 aromatic carbocycles. The number of amides is 1. The predicted molar refractivity (Wildman–Crippen MR) is 88.0 cm³/mol. The van der Waals surface area contributed by atoms with E-state index in [2.05, 4.69) is 4.36 Å². The molecule has 0 saturated carbocycles. The van der Waals surface area contributed by atoms with Crippen LogP contribution in [0.2, 0.25) is 0 Å². The van der Waals surface area contributed by atoms with E-state index in [1.54, 1.807) is 49.4 Å². The van der Waals surface area contributed by atoms with Gasteiger partial charge in [0.1, 0.15) is 5.75 Å². The third-order valence-electron chi connectivity index (χ3n) is 3.14. The number of ether oxygens (including phenoxy) is 1. The lowest BCUT2D eigenvalue weighted by Gasteiger charge is -2.10. The van der Waals surface area contributed by atoms with Crippen LogP contribution in [0.5, 0.6) is 5.75 Å². The summed E-state index contributed by atoms with van der Waals surface area (Å²) in [5, 5.41) is 0. The Morgan fingerprint density at radius 3 is 2.30 bits per heavy atom. The van der Waals surface area contributed by atoms with Crippen molar-refractivity contribution in [2.24, 2.45) is 4.36 Å². The largest absolute Gasteiger partial charge is 0.426 e. The molecule has 0 heterocycles. The lowest BCUT2D eigenvalue weighted by molar-refractivity contribution is -0.131. The second-order valence-electron chi connectivity index (χ2n) is 5.05. The molecule has 0 fully saturated rings.